The van der Waals surface area contributed by atoms with Gasteiger partial charge in [-0.3, -0.25) is 4.79 Å². The summed E-state index contributed by atoms with van der Waals surface area (Å²) in [6.07, 6.45) is 10.4. The van der Waals surface area contributed by atoms with Crippen LogP contribution in [0.25, 0.3) is 6.08 Å². The molecule has 25 heavy (non-hydrogen) atoms. The molecule has 1 unspecified atom stereocenters. The Hall–Kier alpha value is -1.95. The Kier molecular flexibility index (Phi) is 5.37. The van der Waals surface area contributed by atoms with E-state index in [0.717, 1.165) is 25.8 Å². The molecule has 1 fully saturated rings. The van der Waals surface area contributed by atoms with Crippen LogP contribution in [0.2, 0.25) is 0 Å². The topological polar surface area (TPSA) is 51.0 Å². The van der Waals surface area contributed by atoms with Crippen molar-refractivity contribution in [2.45, 2.75) is 58.0 Å². The lowest BCUT2D eigenvalue weighted by Crippen LogP contribution is -2.39. The van der Waals surface area contributed by atoms with Gasteiger partial charge in [0.1, 0.15) is 0 Å². The number of nitrogens with zero attached hydrogens (tertiary/aromatic N) is 4. The Labute approximate surface area is 153 Å². The van der Waals surface area contributed by atoms with Gasteiger partial charge in [-0.2, -0.15) is 0 Å². The molecule has 2 aromatic heterocycles. The number of carbonyl (C=O) groups is 1. The maximum atomic E-state index is 13.0. The van der Waals surface area contributed by atoms with E-state index in [1.165, 1.54) is 11.3 Å². The molecular formula is C19H26N4OS. The molecule has 0 aliphatic carbocycles. The summed E-state index contributed by atoms with van der Waals surface area (Å²) in [6, 6.07) is 4.27. The third-order valence-electron chi connectivity index (χ3n) is 4.49. The van der Waals surface area contributed by atoms with Gasteiger partial charge in [0.15, 0.2) is 5.69 Å². The Morgan fingerprint density at radius 2 is 2.16 bits per heavy atom. The van der Waals surface area contributed by atoms with Gasteiger partial charge in [-0.05, 0) is 51.1 Å². The second-order valence-corrected chi connectivity index (χ2v) is 8.49. The molecule has 0 aromatic carbocycles. The Balaban J connectivity index is 1.80. The van der Waals surface area contributed by atoms with Crippen LogP contribution in [0.15, 0.2) is 29.8 Å². The number of hydrogen-bond donors (Lipinski definition) is 0. The van der Waals surface area contributed by atoms with Crippen molar-refractivity contribution < 1.29 is 4.79 Å². The summed E-state index contributed by atoms with van der Waals surface area (Å²) < 4.78 is 1.76. The molecule has 1 atom stereocenters. The van der Waals surface area contributed by atoms with E-state index in [1.54, 1.807) is 22.2 Å². The molecule has 1 aliphatic heterocycles. The molecule has 6 heteroatoms. The summed E-state index contributed by atoms with van der Waals surface area (Å²) >= 11 is 1.71. The first-order chi connectivity index (χ1) is 11.9. The molecule has 3 heterocycles. The number of carbonyl (C=O) groups excluding carboxylic acids is 1. The number of thiophene rings is 1. The number of likely N-dealkylation sites (tertiary alicyclic amines) is 1. The highest BCUT2D eigenvalue weighted by Gasteiger charge is 2.27. The van der Waals surface area contributed by atoms with Crippen LogP contribution in [0.4, 0.5) is 0 Å². The Morgan fingerprint density at radius 3 is 2.84 bits per heavy atom. The van der Waals surface area contributed by atoms with Crippen LogP contribution in [-0.4, -0.2) is 38.4 Å². The van der Waals surface area contributed by atoms with Crippen LogP contribution in [0, 0.1) is 0 Å². The van der Waals surface area contributed by atoms with E-state index in [9.17, 15) is 4.79 Å². The van der Waals surface area contributed by atoms with E-state index < -0.39 is 0 Å². The van der Waals surface area contributed by atoms with Crippen LogP contribution in [0.3, 0.4) is 0 Å². The van der Waals surface area contributed by atoms with Gasteiger partial charge in [0, 0.05) is 11.4 Å². The second kappa shape index (κ2) is 7.52. The molecular weight excluding hydrogens is 332 g/mol. The van der Waals surface area contributed by atoms with Gasteiger partial charge < -0.3 is 4.90 Å². The average molecular weight is 359 g/mol. The predicted molar refractivity (Wildman–Crippen MR) is 102 cm³/mol. The van der Waals surface area contributed by atoms with Gasteiger partial charge in [-0.1, -0.05) is 30.2 Å². The van der Waals surface area contributed by atoms with Crippen LogP contribution in [-0.2, 0) is 5.54 Å². The van der Waals surface area contributed by atoms with Crippen molar-refractivity contribution in [1.29, 1.82) is 0 Å². The highest BCUT2D eigenvalue weighted by atomic mass is 32.1. The summed E-state index contributed by atoms with van der Waals surface area (Å²) in [4.78, 5) is 16.2. The summed E-state index contributed by atoms with van der Waals surface area (Å²) in [5.74, 6) is -0.0155. The minimum absolute atomic E-state index is 0.0155. The maximum Gasteiger partial charge on any atom is 0.276 e. The quantitative estimate of drug-likeness (QED) is 0.826. The molecule has 1 saturated heterocycles. The van der Waals surface area contributed by atoms with Crippen molar-refractivity contribution >= 4 is 23.3 Å². The number of aromatic nitrogens is 3. The number of rotatable bonds is 3. The first-order valence-electron chi connectivity index (χ1n) is 8.91. The van der Waals surface area contributed by atoms with Crippen LogP contribution < -0.4 is 0 Å². The molecule has 5 nitrogen and oxygen atoms in total. The third-order valence-corrected chi connectivity index (χ3v) is 5.32. The van der Waals surface area contributed by atoms with Crippen molar-refractivity contribution in [3.8, 4) is 0 Å². The molecule has 0 saturated carbocycles. The van der Waals surface area contributed by atoms with Gasteiger partial charge >= 0.3 is 0 Å². The SMILES string of the molecule is CC(C)(C)n1cc(C(=O)N2CCCCCC2/C=C/c2cccs2)nn1. The molecule has 134 valence electrons. The normalized spacial score (nSPS) is 19.3. The van der Waals surface area contributed by atoms with Crippen molar-refractivity contribution in [1.82, 2.24) is 19.9 Å². The second-order valence-electron chi connectivity index (χ2n) is 7.51. The molecule has 0 bridgehead atoms. The average Bonchev–Trinajstić information content (AvgIpc) is 3.20. The van der Waals surface area contributed by atoms with Gasteiger partial charge in [0.05, 0.1) is 17.8 Å². The van der Waals surface area contributed by atoms with Gasteiger partial charge in [0.25, 0.3) is 5.91 Å². The lowest BCUT2D eigenvalue weighted by Gasteiger charge is -2.27. The van der Waals surface area contributed by atoms with Crippen LogP contribution >= 0.6 is 11.3 Å². The van der Waals surface area contributed by atoms with Crippen molar-refractivity contribution in [3.05, 3.63) is 40.4 Å². The van der Waals surface area contributed by atoms with Gasteiger partial charge in [-0.15, -0.1) is 16.4 Å². The first-order valence-corrected chi connectivity index (χ1v) is 9.78. The minimum atomic E-state index is -0.178. The fourth-order valence-corrected chi connectivity index (χ4v) is 3.64. The van der Waals surface area contributed by atoms with E-state index in [4.69, 9.17) is 0 Å². The van der Waals surface area contributed by atoms with Crippen LogP contribution in [0.5, 0.6) is 0 Å². The molecule has 3 rings (SSSR count). The molecule has 1 aliphatic rings. The van der Waals surface area contributed by atoms with Gasteiger partial charge in [0.2, 0.25) is 0 Å². The lowest BCUT2D eigenvalue weighted by molar-refractivity contribution is 0.0712. The largest absolute Gasteiger partial charge is 0.331 e. The number of hydrogen-bond acceptors (Lipinski definition) is 4. The van der Waals surface area contributed by atoms with Crippen molar-refractivity contribution in [2.24, 2.45) is 0 Å². The molecule has 2 aromatic rings. The third kappa shape index (κ3) is 4.37. The van der Waals surface area contributed by atoms with E-state index >= 15 is 0 Å². The molecule has 1 amide bonds. The summed E-state index contributed by atoms with van der Waals surface area (Å²) in [6.45, 7) is 6.93. The Bertz CT molecular complexity index is 727. The maximum absolute atomic E-state index is 13.0. The standard InChI is InChI=1S/C19H26N4OS/c1-19(2,3)23-14-17(20-21-23)18(24)22-12-6-4-5-8-15(22)10-11-16-9-7-13-25-16/h7,9-11,13-15H,4-6,8,12H2,1-3H3/b11-10+. The minimum Gasteiger partial charge on any atom is -0.331 e. The summed E-state index contributed by atoms with van der Waals surface area (Å²) in [7, 11) is 0. The fraction of sp³-hybridized carbons (Fsp3) is 0.526. The predicted octanol–water partition coefficient (Wildman–Crippen LogP) is 4.19. The smallest absolute Gasteiger partial charge is 0.276 e. The molecule has 0 N–H and O–H groups in total. The monoisotopic (exact) mass is 358 g/mol. The lowest BCUT2D eigenvalue weighted by atomic mass is 10.1. The van der Waals surface area contributed by atoms with Crippen molar-refractivity contribution in [3.63, 3.8) is 0 Å². The summed E-state index contributed by atoms with van der Waals surface area (Å²) in [5, 5.41) is 10.3. The Morgan fingerprint density at radius 1 is 1.32 bits per heavy atom. The van der Waals surface area contributed by atoms with E-state index in [0.29, 0.717) is 5.69 Å². The zero-order chi connectivity index (χ0) is 17.9. The van der Waals surface area contributed by atoms with Crippen molar-refractivity contribution in [2.75, 3.05) is 6.54 Å². The van der Waals surface area contributed by atoms with E-state index in [-0.39, 0.29) is 17.5 Å². The zero-order valence-corrected chi connectivity index (χ0v) is 16.0. The number of amides is 1. The summed E-state index contributed by atoms with van der Waals surface area (Å²) in [5.41, 5.74) is 0.259. The molecule has 0 spiro atoms. The van der Waals surface area contributed by atoms with Crippen LogP contribution in [0.1, 0.15) is 61.8 Å². The molecule has 0 radical (unpaired) electrons. The highest BCUT2D eigenvalue weighted by Crippen LogP contribution is 2.22. The first kappa shape index (κ1) is 17.9. The zero-order valence-electron chi connectivity index (χ0n) is 15.2. The highest BCUT2D eigenvalue weighted by molar-refractivity contribution is 7.10. The van der Waals surface area contributed by atoms with E-state index in [1.807, 2.05) is 11.0 Å². The fourth-order valence-electron chi connectivity index (χ4n) is 3.02. The van der Waals surface area contributed by atoms with Gasteiger partial charge in [-0.25, -0.2) is 4.68 Å². The van der Waals surface area contributed by atoms with E-state index in [2.05, 4.69) is 54.7 Å².